The quantitative estimate of drug-likeness (QED) is 0.198. The Balaban J connectivity index is 1.60. The molecule has 8 nitrogen and oxygen atoms in total. The van der Waals surface area contributed by atoms with Crippen molar-refractivity contribution in [3.63, 3.8) is 0 Å². The molecule has 4 aromatic rings. The van der Waals surface area contributed by atoms with Crippen molar-refractivity contribution < 1.29 is 18.5 Å². The van der Waals surface area contributed by atoms with E-state index >= 15 is 0 Å². The van der Waals surface area contributed by atoms with Gasteiger partial charge in [0.05, 0.1) is 35.4 Å². The summed E-state index contributed by atoms with van der Waals surface area (Å²) in [5.41, 5.74) is 2.45. The molecule has 0 bridgehead atoms. The summed E-state index contributed by atoms with van der Waals surface area (Å²) >= 11 is 5.70. The third kappa shape index (κ3) is 4.16. The summed E-state index contributed by atoms with van der Waals surface area (Å²) in [6.45, 7) is 1.70. The number of pyridine rings is 1. The number of anilines is 1. The maximum absolute atomic E-state index is 14.0. The first kappa shape index (κ1) is 23.4. The number of aryl methyl sites for hydroxylation is 1. The van der Waals surface area contributed by atoms with E-state index in [4.69, 9.17) is 21.4 Å². The molecule has 0 saturated carbocycles. The average molecular weight is 505 g/mol. The number of nitrogens with zero attached hydrogens (tertiary/aromatic N) is 3. The van der Waals surface area contributed by atoms with Gasteiger partial charge in [-0.25, -0.2) is 4.39 Å². The van der Waals surface area contributed by atoms with Crippen molar-refractivity contribution in [2.24, 2.45) is 0 Å². The van der Waals surface area contributed by atoms with Gasteiger partial charge in [0.15, 0.2) is 5.11 Å². The van der Waals surface area contributed by atoms with Crippen LogP contribution in [-0.2, 0) is 0 Å². The molecule has 2 atom stereocenters. The van der Waals surface area contributed by atoms with Gasteiger partial charge >= 0.3 is 0 Å². The summed E-state index contributed by atoms with van der Waals surface area (Å²) in [5, 5.41) is 15.0. The van der Waals surface area contributed by atoms with E-state index in [0.29, 0.717) is 39.2 Å². The lowest BCUT2D eigenvalue weighted by atomic mass is 10.0. The number of rotatable bonds is 6. The van der Waals surface area contributed by atoms with Crippen LogP contribution in [0.1, 0.15) is 29.1 Å². The SMILES string of the molecule is COc1cc([N+](=O)[O-])ccc1-c1ccc(C2C(c3ccccn3)NC(=S)N2c2ccc(F)c(C)c2)o1. The molecule has 0 amide bonds. The number of methoxy groups -OCH3 is 1. The van der Waals surface area contributed by atoms with Gasteiger partial charge in [-0.3, -0.25) is 15.1 Å². The monoisotopic (exact) mass is 504 g/mol. The summed E-state index contributed by atoms with van der Waals surface area (Å²) in [7, 11) is 1.45. The smallest absolute Gasteiger partial charge is 0.273 e. The van der Waals surface area contributed by atoms with Crippen LogP contribution in [-0.4, -0.2) is 22.1 Å². The van der Waals surface area contributed by atoms with Crippen LogP contribution in [0.3, 0.4) is 0 Å². The predicted octanol–water partition coefficient (Wildman–Crippen LogP) is 5.88. The molecule has 182 valence electrons. The Kier molecular flexibility index (Phi) is 6.11. The van der Waals surface area contributed by atoms with E-state index in [0.717, 1.165) is 5.69 Å². The van der Waals surface area contributed by atoms with Crippen LogP contribution >= 0.6 is 12.2 Å². The fourth-order valence-electron chi connectivity index (χ4n) is 4.35. The highest BCUT2D eigenvalue weighted by atomic mass is 32.1. The molecule has 2 aromatic carbocycles. The number of nitro benzene ring substituents is 1. The van der Waals surface area contributed by atoms with E-state index in [2.05, 4.69) is 10.3 Å². The zero-order valence-corrected chi connectivity index (χ0v) is 20.2. The van der Waals surface area contributed by atoms with E-state index in [9.17, 15) is 14.5 Å². The number of hydrogen-bond acceptors (Lipinski definition) is 6. The number of furan rings is 1. The Bertz CT molecular complexity index is 1460. The Labute approximate surface area is 211 Å². The van der Waals surface area contributed by atoms with Gasteiger partial charge in [-0.15, -0.1) is 0 Å². The normalized spacial score (nSPS) is 17.2. The number of halogens is 1. The van der Waals surface area contributed by atoms with Crippen LogP contribution in [0.2, 0.25) is 0 Å². The third-order valence-electron chi connectivity index (χ3n) is 6.10. The molecule has 36 heavy (non-hydrogen) atoms. The maximum Gasteiger partial charge on any atom is 0.273 e. The van der Waals surface area contributed by atoms with Crippen molar-refractivity contribution in [1.29, 1.82) is 0 Å². The lowest BCUT2D eigenvalue weighted by Crippen LogP contribution is -2.29. The molecule has 1 aliphatic heterocycles. The number of ether oxygens (including phenoxy) is 1. The molecule has 2 unspecified atom stereocenters. The van der Waals surface area contributed by atoms with Gasteiger partial charge < -0.3 is 19.4 Å². The van der Waals surface area contributed by atoms with Crippen LogP contribution in [0.25, 0.3) is 11.3 Å². The van der Waals surface area contributed by atoms with Crippen molar-refractivity contribution in [1.82, 2.24) is 10.3 Å². The van der Waals surface area contributed by atoms with Gasteiger partial charge in [-0.05, 0) is 73.2 Å². The van der Waals surface area contributed by atoms with Crippen molar-refractivity contribution in [2.45, 2.75) is 19.0 Å². The fraction of sp³-hybridized carbons (Fsp3) is 0.154. The zero-order valence-electron chi connectivity index (χ0n) is 19.3. The second-order valence-electron chi connectivity index (χ2n) is 8.27. The second kappa shape index (κ2) is 9.38. The minimum Gasteiger partial charge on any atom is -0.496 e. The minimum absolute atomic E-state index is 0.0826. The molecule has 0 aliphatic carbocycles. The van der Waals surface area contributed by atoms with Gasteiger partial charge in [-0.2, -0.15) is 0 Å². The Hall–Kier alpha value is -4.31. The van der Waals surface area contributed by atoms with E-state index < -0.39 is 11.0 Å². The summed E-state index contributed by atoms with van der Waals surface area (Å²) < 4.78 is 25.7. The fourth-order valence-corrected chi connectivity index (χ4v) is 4.70. The molecule has 3 heterocycles. The molecule has 2 aromatic heterocycles. The van der Waals surface area contributed by atoms with Gasteiger partial charge in [-0.1, -0.05) is 6.07 Å². The maximum atomic E-state index is 14.0. The van der Waals surface area contributed by atoms with Gasteiger partial charge in [0, 0.05) is 18.0 Å². The van der Waals surface area contributed by atoms with Crippen LogP contribution in [0.4, 0.5) is 15.8 Å². The number of nitro groups is 1. The van der Waals surface area contributed by atoms with E-state index in [1.54, 1.807) is 37.4 Å². The Morgan fingerprint density at radius 3 is 2.69 bits per heavy atom. The topological polar surface area (TPSA) is 93.7 Å². The van der Waals surface area contributed by atoms with Crippen molar-refractivity contribution in [3.05, 3.63) is 106 Å². The number of non-ortho nitro benzene ring substituents is 1. The molecule has 0 spiro atoms. The number of benzene rings is 2. The van der Waals surface area contributed by atoms with Crippen molar-refractivity contribution in [2.75, 3.05) is 12.0 Å². The lowest BCUT2D eigenvalue weighted by Gasteiger charge is -2.26. The van der Waals surface area contributed by atoms with Gasteiger partial charge in [0.25, 0.3) is 5.69 Å². The summed E-state index contributed by atoms with van der Waals surface area (Å²) in [5.74, 6) is 1.07. The lowest BCUT2D eigenvalue weighted by molar-refractivity contribution is -0.384. The largest absolute Gasteiger partial charge is 0.496 e. The number of nitrogens with one attached hydrogen (secondary N) is 1. The Morgan fingerprint density at radius 1 is 1.17 bits per heavy atom. The van der Waals surface area contributed by atoms with Crippen LogP contribution in [0, 0.1) is 22.9 Å². The summed E-state index contributed by atoms with van der Waals surface area (Å²) in [6.07, 6.45) is 1.71. The highest BCUT2D eigenvalue weighted by molar-refractivity contribution is 7.80. The molecule has 1 fully saturated rings. The van der Waals surface area contributed by atoms with Crippen LogP contribution in [0.15, 0.2) is 77.3 Å². The van der Waals surface area contributed by atoms with E-state index in [1.807, 2.05) is 29.2 Å². The first-order valence-electron chi connectivity index (χ1n) is 11.1. The number of thiocarbonyl (C=S) groups is 1. The number of hydrogen-bond donors (Lipinski definition) is 1. The zero-order chi connectivity index (χ0) is 25.4. The minimum atomic E-state index is -0.481. The van der Waals surface area contributed by atoms with E-state index in [1.165, 1.54) is 25.3 Å². The molecule has 1 saturated heterocycles. The standard InChI is InChI=1S/C26H21FN4O4S/c1-15-13-16(7-9-19(15)27)30-25(24(29-26(30)36)20-5-3-4-12-28-20)22-11-10-21(35-22)18-8-6-17(31(32)33)14-23(18)34-2/h3-14,24-25H,1-2H3,(H,29,36). The highest BCUT2D eigenvalue weighted by Gasteiger charge is 2.42. The van der Waals surface area contributed by atoms with Crippen molar-refractivity contribution in [3.8, 4) is 17.1 Å². The number of aromatic nitrogens is 1. The van der Waals surface area contributed by atoms with Crippen molar-refractivity contribution >= 4 is 28.7 Å². The first-order valence-corrected chi connectivity index (χ1v) is 11.5. The molecular weight excluding hydrogens is 483 g/mol. The third-order valence-corrected chi connectivity index (χ3v) is 6.41. The first-order chi connectivity index (χ1) is 17.4. The summed E-state index contributed by atoms with van der Waals surface area (Å²) in [4.78, 5) is 17.1. The predicted molar refractivity (Wildman–Crippen MR) is 136 cm³/mol. The molecule has 10 heteroatoms. The highest BCUT2D eigenvalue weighted by Crippen LogP contribution is 2.44. The van der Waals surface area contributed by atoms with Crippen LogP contribution < -0.4 is 15.0 Å². The second-order valence-corrected chi connectivity index (χ2v) is 8.66. The van der Waals surface area contributed by atoms with Crippen LogP contribution in [0.5, 0.6) is 5.75 Å². The Morgan fingerprint density at radius 2 is 2.00 bits per heavy atom. The van der Waals surface area contributed by atoms with Gasteiger partial charge in [0.1, 0.15) is 29.1 Å². The molecule has 5 rings (SSSR count). The molecule has 1 aliphatic rings. The molecular formula is C26H21FN4O4S. The average Bonchev–Trinajstić information content (AvgIpc) is 3.50. The van der Waals surface area contributed by atoms with Gasteiger partial charge in [0.2, 0.25) is 0 Å². The molecule has 0 radical (unpaired) electrons. The van der Waals surface area contributed by atoms with E-state index in [-0.39, 0.29) is 17.5 Å². The summed E-state index contributed by atoms with van der Waals surface area (Å²) in [6, 6.07) is 17.6. The molecule has 1 N–H and O–H groups in total.